The Morgan fingerprint density at radius 1 is 1.40 bits per heavy atom. The quantitative estimate of drug-likeness (QED) is 0.690. The maximum atomic E-state index is 12.2. The molecule has 0 saturated carbocycles. The van der Waals surface area contributed by atoms with Gasteiger partial charge >= 0.3 is 0 Å². The topological polar surface area (TPSA) is 82.8 Å². The van der Waals surface area contributed by atoms with Gasteiger partial charge in [0.1, 0.15) is 5.82 Å². The number of thiophene rings is 1. The molecule has 2 aromatic rings. The van der Waals surface area contributed by atoms with E-state index in [1.807, 2.05) is 0 Å². The number of carbonyl (C=O) groups is 2. The van der Waals surface area contributed by atoms with Crippen LogP contribution in [-0.2, 0) is 4.79 Å². The molecule has 0 unspecified atom stereocenters. The van der Waals surface area contributed by atoms with E-state index in [9.17, 15) is 9.59 Å². The first-order valence-corrected chi connectivity index (χ1v) is 6.71. The van der Waals surface area contributed by atoms with Crippen molar-refractivity contribution in [1.82, 2.24) is 4.98 Å². The number of hydrogen-bond acceptors (Lipinski definition) is 5. The normalized spacial score (nSPS) is 11.4. The van der Waals surface area contributed by atoms with Crippen LogP contribution in [0.4, 0.5) is 5.82 Å². The van der Waals surface area contributed by atoms with Crippen LogP contribution in [0.1, 0.15) is 15.2 Å². The summed E-state index contributed by atoms with van der Waals surface area (Å²) in [7, 11) is 0. The van der Waals surface area contributed by atoms with E-state index in [0.29, 0.717) is 10.7 Å². The van der Waals surface area contributed by atoms with Crippen LogP contribution < -0.4 is 5.32 Å². The van der Waals surface area contributed by atoms with Crippen LogP contribution in [-0.4, -0.2) is 16.7 Å². The summed E-state index contributed by atoms with van der Waals surface area (Å²) >= 11 is 1.23. The molecule has 0 bridgehead atoms. The first-order chi connectivity index (χ1) is 9.63. The van der Waals surface area contributed by atoms with Gasteiger partial charge in [-0.15, -0.1) is 11.3 Å². The van der Waals surface area contributed by atoms with E-state index in [1.54, 1.807) is 42.6 Å². The molecule has 0 aliphatic rings. The third kappa shape index (κ3) is 2.90. The second kappa shape index (κ2) is 6.08. The van der Waals surface area contributed by atoms with Gasteiger partial charge in [-0.3, -0.25) is 9.59 Å². The van der Waals surface area contributed by atoms with Crippen molar-refractivity contribution in [2.24, 2.45) is 5.92 Å². The van der Waals surface area contributed by atoms with Gasteiger partial charge in [0, 0.05) is 6.20 Å². The average molecular weight is 285 g/mol. The summed E-state index contributed by atoms with van der Waals surface area (Å²) in [6.07, 6.45) is 1.52. The molecule has 6 heteroatoms. The maximum absolute atomic E-state index is 12.2. The van der Waals surface area contributed by atoms with Gasteiger partial charge in [0.25, 0.3) is 5.91 Å². The van der Waals surface area contributed by atoms with Crippen LogP contribution in [0.25, 0.3) is 0 Å². The summed E-state index contributed by atoms with van der Waals surface area (Å²) in [6.45, 7) is 1.77. The van der Waals surface area contributed by atoms with E-state index in [2.05, 4.69) is 10.3 Å². The van der Waals surface area contributed by atoms with Crippen molar-refractivity contribution >= 4 is 28.8 Å². The van der Waals surface area contributed by atoms with Crippen LogP contribution in [0, 0.1) is 24.2 Å². The largest absolute Gasteiger partial charge is 0.309 e. The Kier molecular flexibility index (Phi) is 4.23. The van der Waals surface area contributed by atoms with Crippen LogP contribution >= 0.6 is 11.3 Å². The van der Waals surface area contributed by atoms with E-state index in [4.69, 9.17) is 5.26 Å². The molecule has 1 amide bonds. The first-order valence-electron chi connectivity index (χ1n) is 5.83. The zero-order valence-electron chi connectivity index (χ0n) is 10.7. The van der Waals surface area contributed by atoms with E-state index in [-0.39, 0.29) is 0 Å². The SMILES string of the molecule is Cc1ccsc1C(=O)[C@H](C#N)C(=O)Nc1ccccn1. The van der Waals surface area contributed by atoms with Gasteiger partial charge in [-0.1, -0.05) is 6.07 Å². The van der Waals surface area contributed by atoms with E-state index >= 15 is 0 Å². The lowest BCUT2D eigenvalue weighted by atomic mass is 10.0. The number of rotatable bonds is 4. The lowest BCUT2D eigenvalue weighted by Crippen LogP contribution is -2.28. The van der Waals surface area contributed by atoms with Crippen molar-refractivity contribution in [3.63, 3.8) is 0 Å². The first kappa shape index (κ1) is 13.9. The number of aryl methyl sites for hydroxylation is 1. The van der Waals surface area contributed by atoms with Crippen molar-refractivity contribution in [3.8, 4) is 6.07 Å². The molecule has 5 nitrogen and oxygen atoms in total. The number of nitrogens with one attached hydrogen (secondary N) is 1. The van der Waals surface area contributed by atoms with E-state index in [0.717, 1.165) is 5.56 Å². The molecule has 20 heavy (non-hydrogen) atoms. The number of carbonyl (C=O) groups excluding carboxylic acids is 2. The fraction of sp³-hybridized carbons (Fsp3) is 0.143. The number of Topliss-reactive ketones (excluding diaryl/α,β-unsaturated/α-hetero) is 1. The fourth-order valence-corrected chi connectivity index (χ4v) is 2.52. The third-order valence-corrected chi connectivity index (χ3v) is 3.69. The zero-order valence-corrected chi connectivity index (χ0v) is 11.5. The Hall–Kier alpha value is -2.52. The van der Waals surface area contributed by atoms with Gasteiger partial charge in [-0.05, 0) is 36.1 Å². The highest BCUT2D eigenvalue weighted by molar-refractivity contribution is 7.12. The van der Waals surface area contributed by atoms with Crippen molar-refractivity contribution in [1.29, 1.82) is 5.26 Å². The predicted molar refractivity (Wildman–Crippen MR) is 75.4 cm³/mol. The lowest BCUT2D eigenvalue weighted by Gasteiger charge is -2.08. The monoisotopic (exact) mass is 285 g/mol. The number of nitrogens with zero attached hydrogens (tertiary/aromatic N) is 2. The summed E-state index contributed by atoms with van der Waals surface area (Å²) in [5.41, 5.74) is 0.769. The molecule has 2 heterocycles. The Balaban J connectivity index is 2.17. The minimum Gasteiger partial charge on any atom is -0.309 e. The summed E-state index contributed by atoms with van der Waals surface area (Å²) in [6, 6.07) is 8.54. The molecule has 0 radical (unpaired) electrons. The molecule has 0 aliphatic carbocycles. The Bertz CT molecular complexity index is 673. The summed E-state index contributed by atoms with van der Waals surface area (Å²) < 4.78 is 0. The molecule has 0 aromatic carbocycles. The number of amides is 1. The molecule has 100 valence electrons. The molecule has 0 saturated heterocycles. The van der Waals surface area contributed by atoms with Crippen molar-refractivity contribution in [3.05, 3.63) is 46.3 Å². The fourth-order valence-electron chi connectivity index (χ4n) is 1.63. The number of aromatic nitrogens is 1. The molecule has 0 aliphatic heterocycles. The molecule has 0 spiro atoms. The van der Waals surface area contributed by atoms with Gasteiger partial charge < -0.3 is 5.32 Å². The minimum absolute atomic E-state index is 0.313. The maximum Gasteiger partial charge on any atom is 0.250 e. The molecule has 1 atom stereocenters. The van der Waals surface area contributed by atoms with Gasteiger partial charge in [-0.25, -0.2) is 4.98 Å². The Morgan fingerprint density at radius 3 is 2.75 bits per heavy atom. The number of anilines is 1. The molecular formula is C14H11N3O2S. The van der Waals surface area contributed by atoms with E-state index in [1.165, 1.54) is 17.5 Å². The van der Waals surface area contributed by atoms with Crippen molar-refractivity contribution in [2.75, 3.05) is 5.32 Å². The summed E-state index contributed by atoms with van der Waals surface area (Å²) in [5, 5.41) is 13.3. The minimum atomic E-state index is -1.37. The van der Waals surface area contributed by atoms with Gasteiger partial charge in [0.05, 0.1) is 10.9 Å². The second-order valence-corrected chi connectivity index (χ2v) is 4.98. The highest BCUT2D eigenvalue weighted by Crippen LogP contribution is 2.20. The molecule has 0 fully saturated rings. The number of hydrogen-bond donors (Lipinski definition) is 1. The lowest BCUT2D eigenvalue weighted by molar-refractivity contribution is -0.117. The highest BCUT2D eigenvalue weighted by Gasteiger charge is 2.29. The Morgan fingerprint density at radius 2 is 2.20 bits per heavy atom. The second-order valence-electron chi connectivity index (χ2n) is 4.06. The summed E-state index contributed by atoms with van der Waals surface area (Å²) in [5.74, 6) is -2.19. The molecule has 1 N–H and O–H groups in total. The predicted octanol–water partition coefficient (Wildman–Crippen LogP) is 2.41. The number of nitriles is 1. The van der Waals surface area contributed by atoms with E-state index < -0.39 is 17.6 Å². The van der Waals surface area contributed by atoms with Gasteiger partial charge in [-0.2, -0.15) is 5.26 Å². The third-order valence-electron chi connectivity index (χ3n) is 2.66. The van der Waals surface area contributed by atoms with Gasteiger partial charge in [0.15, 0.2) is 11.7 Å². The van der Waals surface area contributed by atoms with Crippen LogP contribution in [0.15, 0.2) is 35.8 Å². The standard InChI is InChI=1S/C14H11N3O2S/c1-9-5-7-20-13(9)12(18)10(8-15)14(19)17-11-4-2-3-6-16-11/h2-7,10H,1H3,(H,16,17,19)/t10-/m0/s1. The Labute approximate surface area is 119 Å². The number of pyridine rings is 1. The zero-order chi connectivity index (χ0) is 14.5. The molecular weight excluding hydrogens is 274 g/mol. The van der Waals surface area contributed by atoms with Gasteiger partial charge in [0.2, 0.25) is 0 Å². The van der Waals surface area contributed by atoms with Crippen LogP contribution in [0.2, 0.25) is 0 Å². The van der Waals surface area contributed by atoms with Crippen LogP contribution in [0.3, 0.4) is 0 Å². The van der Waals surface area contributed by atoms with Crippen LogP contribution in [0.5, 0.6) is 0 Å². The van der Waals surface area contributed by atoms with Crippen molar-refractivity contribution in [2.45, 2.75) is 6.92 Å². The molecule has 2 rings (SSSR count). The summed E-state index contributed by atoms with van der Waals surface area (Å²) in [4.78, 5) is 28.6. The smallest absolute Gasteiger partial charge is 0.250 e. The number of ketones is 1. The average Bonchev–Trinajstić information content (AvgIpc) is 2.86. The highest BCUT2D eigenvalue weighted by atomic mass is 32.1. The van der Waals surface area contributed by atoms with Crippen molar-refractivity contribution < 1.29 is 9.59 Å². The molecule has 2 aromatic heterocycles.